The average Bonchev–Trinajstić information content (AvgIpc) is 3.32. The average molecular weight is 348 g/mol. The smallest absolute Gasteiger partial charge is 0.216 e. The summed E-state index contributed by atoms with van der Waals surface area (Å²) in [4.78, 5) is 8.72. The van der Waals surface area contributed by atoms with Crippen molar-refractivity contribution in [2.24, 2.45) is 4.99 Å². The van der Waals surface area contributed by atoms with Crippen molar-refractivity contribution in [1.29, 1.82) is 0 Å². The molecule has 0 bridgehead atoms. The van der Waals surface area contributed by atoms with Gasteiger partial charge in [0, 0.05) is 18.3 Å². The third kappa shape index (κ3) is 4.31. The molecule has 1 aliphatic rings. The highest BCUT2D eigenvalue weighted by Gasteiger charge is 2.25. The first-order chi connectivity index (χ1) is 11.8. The first kappa shape index (κ1) is 16.9. The third-order valence-electron chi connectivity index (χ3n) is 4.05. The molecule has 2 aromatic rings. The summed E-state index contributed by atoms with van der Waals surface area (Å²) in [5.41, 5.74) is 0. The quantitative estimate of drug-likeness (QED) is 0.548. The van der Waals surface area contributed by atoms with E-state index in [0.29, 0.717) is 24.2 Å². The molecule has 1 saturated carbocycles. The molecule has 3 N–H and O–H groups in total. The maximum Gasteiger partial charge on any atom is 0.216 e. The van der Waals surface area contributed by atoms with Gasteiger partial charge in [0.2, 0.25) is 5.82 Å². The minimum Gasteiger partial charge on any atom is -0.461 e. The van der Waals surface area contributed by atoms with E-state index in [1.165, 1.54) is 25.0 Å². The monoisotopic (exact) mass is 348 g/mol. The highest BCUT2D eigenvalue weighted by molar-refractivity contribution is 7.99. The Kier molecular flexibility index (Phi) is 5.79. The molecule has 130 valence electrons. The van der Waals surface area contributed by atoms with E-state index in [4.69, 9.17) is 4.42 Å². The largest absolute Gasteiger partial charge is 0.461 e. The molecule has 0 aromatic carbocycles. The van der Waals surface area contributed by atoms with Crippen molar-refractivity contribution >= 4 is 17.7 Å². The molecule has 0 aliphatic heterocycles. The lowest BCUT2D eigenvalue weighted by atomic mass is 10.2. The Bertz CT molecular complexity index is 653. The summed E-state index contributed by atoms with van der Waals surface area (Å²) in [6.45, 7) is 2.76. The number of nitrogens with zero attached hydrogens (tertiary/aromatic N) is 3. The SMILES string of the molecule is CCSC1CCC(NC(=NC)NCc2nc(-c3ccco3)n[nH]2)C1. The highest BCUT2D eigenvalue weighted by atomic mass is 32.2. The molecule has 0 radical (unpaired) electrons. The van der Waals surface area contributed by atoms with Crippen LogP contribution in [-0.2, 0) is 6.54 Å². The molecule has 1 fully saturated rings. The summed E-state index contributed by atoms with van der Waals surface area (Å²) in [7, 11) is 1.79. The molecule has 7 nitrogen and oxygen atoms in total. The maximum absolute atomic E-state index is 5.29. The minimum atomic E-state index is 0.494. The van der Waals surface area contributed by atoms with Crippen LogP contribution in [0.2, 0.25) is 0 Å². The standard InChI is InChI=1S/C16H24N6OS/c1-3-24-12-7-6-11(9-12)19-16(17-2)18-10-14-20-15(22-21-14)13-5-4-8-23-13/h4-5,8,11-12H,3,6-7,9-10H2,1-2H3,(H2,17,18,19)(H,20,21,22). The van der Waals surface area contributed by atoms with E-state index in [2.05, 4.69) is 49.5 Å². The zero-order valence-electron chi connectivity index (χ0n) is 14.1. The zero-order valence-corrected chi connectivity index (χ0v) is 14.9. The van der Waals surface area contributed by atoms with E-state index in [1.54, 1.807) is 13.3 Å². The van der Waals surface area contributed by atoms with Crippen molar-refractivity contribution in [3.05, 3.63) is 24.2 Å². The van der Waals surface area contributed by atoms with Crippen LogP contribution < -0.4 is 10.6 Å². The summed E-state index contributed by atoms with van der Waals surface area (Å²) in [5, 5.41) is 14.6. The Hall–Kier alpha value is -1.96. The fraction of sp³-hybridized carbons (Fsp3) is 0.562. The van der Waals surface area contributed by atoms with E-state index >= 15 is 0 Å². The maximum atomic E-state index is 5.29. The van der Waals surface area contributed by atoms with Crippen molar-refractivity contribution in [2.45, 2.75) is 44.0 Å². The molecule has 2 unspecified atom stereocenters. The second-order valence-electron chi connectivity index (χ2n) is 5.74. The fourth-order valence-corrected chi connectivity index (χ4v) is 4.05. The van der Waals surface area contributed by atoms with Crippen molar-refractivity contribution in [2.75, 3.05) is 12.8 Å². The second-order valence-corrected chi connectivity index (χ2v) is 7.32. The van der Waals surface area contributed by atoms with Crippen LogP contribution in [0.3, 0.4) is 0 Å². The molecule has 0 spiro atoms. The van der Waals surface area contributed by atoms with Gasteiger partial charge in [0.25, 0.3) is 0 Å². The molecule has 0 saturated heterocycles. The topological polar surface area (TPSA) is 91.1 Å². The Labute approximate surface area is 146 Å². The van der Waals surface area contributed by atoms with Crippen LogP contribution in [0.4, 0.5) is 0 Å². The van der Waals surface area contributed by atoms with Gasteiger partial charge in [0.15, 0.2) is 11.7 Å². The van der Waals surface area contributed by atoms with Gasteiger partial charge in [-0.3, -0.25) is 10.1 Å². The predicted octanol–water partition coefficient (Wildman–Crippen LogP) is 2.40. The summed E-state index contributed by atoms with van der Waals surface area (Å²) < 4.78 is 5.29. The van der Waals surface area contributed by atoms with Gasteiger partial charge >= 0.3 is 0 Å². The first-order valence-corrected chi connectivity index (χ1v) is 9.37. The zero-order chi connectivity index (χ0) is 16.8. The van der Waals surface area contributed by atoms with E-state index < -0.39 is 0 Å². The van der Waals surface area contributed by atoms with Crippen molar-refractivity contribution in [3.8, 4) is 11.6 Å². The number of hydrogen-bond acceptors (Lipinski definition) is 5. The number of aromatic amines is 1. The Morgan fingerprint density at radius 2 is 2.42 bits per heavy atom. The Morgan fingerprint density at radius 1 is 1.50 bits per heavy atom. The van der Waals surface area contributed by atoms with Crippen molar-refractivity contribution in [3.63, 3.8) is 0 Å². The molecular formula is C16H24N6OS. The molecular weight excluding hydrogens is 324 g/mol. The molecule has 2 heterocycles. The number of aliphatic imine (C=N–C) groups is 1. The lowest BCUT2D eigenvalue weighted by Crippen LogP contribution is -2.42. The Morgan fingerprint density at radius 3 is 3.17 bits per heavy atom. The van der Waals surface area contributed by atoms with Crippen LogP contribution in [0.15, 0.2) is 27.8 Å². The molecule has 24 heavy (non-hydrogen) atoms. The highest BCUT2D eigenvalue weighted by Crippen LogP contribution is 2.29. The van der Waals surface area contributed by atoms with Crippen LogP contribution in [-0.4, -0.2) is 45.2 Å². The van der Waals surface area contributed by atoms with Crippen LogP contribution in [0.25, 0.3) is 11.6 Å². The number of hydrogen-bond donors (Lipinski definition) is 3. The number of furan rings is 1. The van der Waals surface area contributed by atoms with Gasteiger partial charge in [-0.25, -0.2) is 4.98 Å². The van der Waals surface area contributed by atoms with E-state index in [0.717, 1.165) is 17.0 Å². The van der Waals surface area contributed by atoms with Crippen LogP contribution in [0.5, 0.6) is 0 Å². The van der Waals surface area contributed by atoms with Gasteiger partial charge in [-0.15, -0.1) is 5.10 Å². The van der Waals surface area contributed by atoms with Gasteiger partial charge in [0.05, 0.1) is 12.8 Å². The summed E-state index contributed by atoms with van der Waals surface area (Å²) in [6.07, 6.45) is 5.29. The normalized spacial score (nSPS) is 21.2. The number of H-pyrrole nitrogens is 1. The number of rotatable bonds is 6. The second kappa shape index (κ2) is 8.23. The molecule has 0 amide bonds. The third-order valence-corrected chi connectivity index (χ3v) is 5.28. The number of guanidine groups is 1. The van der Waals surface area contributed by atoms with Crippen molar-refractivity contribution < 1.29 is 4.42 Å². The van der Waals surface area contributed by atoms with Crippen LogP contribution in [0, 0.1) is 0 Å². The predicted molar refractivity (Wildman–Crippen MR) is 97.0 cm³/mol. The van der Waals surface area contributed by atoms with Crippen LogP contribution >= 0.6 is 11.8 Å². The summed E-state index contributed by atoms with van der Waals surface area (Å²) >= 11 is 2.06. The molecule has 2 aromatic heterocycles. The van der Waals surface area contributed by atoms with E-state index in [1.807, 2.05) is 12.1 Å². The lowest BCUT2D eigenvalue weighted by molar-refractivity contribution is 0.577. The van der Waals surface area contributed by atoms with Gasteiger partial charge in [-0.2, -0.15) is 11.8 Å². The number of thioether (sulfide) groups is 1. The van der Waals surface area contributed by atoms with Gasteiger partial charge < -0.3 is 15.1 Å². The molecule has 3 rings (SSSR count). The number of aromatic nitrogens is 3. The van der Waals surface area contributed by atoms with Gasteiger partial charge in [-0.1, -0.05) is 6.92 Å². The van der Waals surface area contributed by atoms with Crippen LogP contribution in [0.1, 0.15) is 32.0 Å². The summed E-state index contributed by atoms with van der Waals surface area (Å²) in [5.74, 6) is 3.96. The minimum absolute atomic E-state index is 0.494. The molecule has 2 atom stereocenters. The van der Waals surface area contributed by atoms with E-state index in [-0.39, 0.29) is 0 Å². The van der Waals surface area contributed by atoms with E-state index in [9.17, 15) is 0 Å². The van der Waals surface area contributed by atoms with Crippen molar-refractivity contribution in [1.82, 2.24) is 25.8 Å². The molecule has 8 heteroatoms. The first-order valence-electron chi connectivity index (χ1n) is 8.32. The number of nitrogens with one attached hydrogen (secondary N) is 3. The Balaban J connectivity index is 1.48. The lowest BCUT2D eigenvalue weighted by Gasteiger charge is -2.16. The van der Waals surface area contributed by atoms with Gasteiger partial charge in [0.1, 0.15) is 5.82 Å². The fourth-order valence-electron chi connectivity index (χ4n) is 2.90. The summed E-state index contributed by atoms with van der Waals surface area (Å²) in [6, 6.07) is 4.15. The molecule has 1 aliphatic carbocycles. The van der Waals surface area contributed by atoms with Gasteiger partial charge in [-0.05, 0) is 37.1 Å².